The average Bonchev–Trinajstić information content (AvgIpc) is 2.74. The van der Waals surface area contributed by atoms with Gasteiger partial charge in [-0.1, -0.05) is 60.1 Å². The number of benzene rings is 4. The molecule has 2 N–H and O–H groups in total. The molecular weight excluding hydrogens is 432 g/mol. The van der Waals surface area contributed by atoms with E-state index in [2.05, 4.69) is 10.0 Å². The van der Waals surface area contributed by atoms with E-state index in [1.165, 1.54) is 18.2 Å². The predicted molar refractivity (Wildman–Crippen MR) is 125 cm³/mol. The Bertz CT molecular complexity index is 1400. The van der Waals surface area contributed by atoms with E-state index in [1.807, 2.05) is 49.4 Å². The van der Waals surface area contributed by atoms with Crippen LogP contribution in [0.4, 0.5) is 11.4 Å². The number of rotatable bonds is 5. The van der Waals surface area contributed by atoms with Crippen molar-refractivity contribution in [1.82, 2.24) is 0 Å². The van der Waals surface area contributed by atoms with Crippen molar-refractivity contribution < 1.29 is 13.2 Å². The van der Waals surface area contributed by atoms with Crippen LogP contribution in [0.15, 0.2) is 89.8 Å². The summed E-state index contributed by atoms with van der Waals surface area (Å²) in [5.41, 5.74) is 2.15. The Morgan fingerprint density at radius 2 is 1.61 bits per heavy atom. The average molecular weight is 451 g/mol. The Balaban J connectivity index is 1.64. The number of hydrogen-bond donors (Lipinski definition) is 2. The molecule has 0 bridgehead atoms. The first-order chi connectivity index (χ1) is 14.8. The standard InChI is InChI=1S/C24H19ClN2O3S/c1-16-6-4-9-19(14-16)27-31(29,30)23-15-18(12-13-21(23)25)24(28)26-22-11-5-8-17-7-2-3-10-20(17)22/h2-15,27H,1H3,(H,26,28). The Hall–Kier alpha value is -3.35. The second kappa shape index (κ2) is 8.41. The molecule has 4 rings (SSSR count). The first kappa shape index (κ1) is 20.9. The number of carbonyl (C=O) groups excluding carboxylic acids is 1. The van der Waals surface area contributed by atoms with Crippen molar-refractivity contribution in [2.24, 2.45) is 0 Å². The number of carbonyl (C=O) groups is 1. The third-order valence-electron chi connectivity index (χ3n) is 4.79. The second-order valence-electron chi connectivity index (χ2n) is 7.10. The van der Waals surface area contributed by atoms with Gasteiger partial charge in [0, 0.05) is 22.3 Å². The maximum absolute atomic E-state index is 12.9. The number of hydrogen-bond acceptors (Lipinski definition) is 3. The van der Waals surface area contributed by atoms with Gasteiger partial charge in [0.1, 0.15) is 4.90 Å². The van der Waals surface area contributed by atoms with Gasteiger partial charge < -0.3 is 5.32 Å². The predicted octanol–water partition coefficient (Wildman–Crippen LogP) is 5.85. The molecule has 1 amide bonds. The van der Waals surface area contributed by atoms with E-state index in [9.17, 15) is 13.2 Å². The zero-order chi connectivity index (χ0) is 22.0. The van der Waals surface area contributed by atoms with Gasteiger partial charge in [-0.2, -0.15) is 0 Å². The highest BCUT2D eigenvalue weighted by Gasteiger charge is 2.21. The third kappa shape index (κ3) is 4.55. The molecule has 31 heavy (non-hydrogen) atoms. The van der Waals surface area contributed by atoms with Crippen LogP contribution in [0.3, 0.4) is 0 Å². The zero-order valence-electron chi connectivity index (χ0n) is 16.6. The summed E-state index contributed by atoms with van der Waals surface area (Å²) >= 11 is 6.17. The topological polar surface area (TPSA) is 75.3 Å². The summed E-state index contributed by atoms with van der Waals surface area (Å²) in [6.07, 6.45) is 0. The smallest absolute Gasteiger partial charge is 0.263 e. The molecule has 0 saturated heterocycles. The molecule has 0 fully saturated rings. The van der Waals surface area contributed by atoms with Gasteiger partial charge in [0.25, 0.3) is 15.9 Å². The summed E-state index contributed by atoms with van der Waals surface area (Å²) in [6, 6.07) is 24.4. The van der Waals surface area contributed by atoms with E-state index < -0.39 is 15.9 Å². The maximum atomic E-state index is 12.9. The summed E-state index contributed by atoms with van der Waals surface area (Å²) in [7, 11) is -3.99. The number of sulfonamides is 1. The quantitative estimate of drug-likeness (QED) is 0.400. The van der Waals surface area contributed by atoms with Crippen LogP contribution in [0, 0.1) is 6.92 Å². The summed E-state index contributed by atoms with van der Waals surface area (Å²) in [5.74, 6) is -0.431. The largest absolute Gasteiger partial charge is 0.321 e. The Labute approximate surface area is 185 Å². The van der Waals surface area contributed by atoms with Crippen LogP contribution < -0.4 is 10.0 Å². The Morgan fingerprint density at radius 3 is 2.42 bits per heavy atom. The first-order valence-electron chi connectivity index (χ1n) is 9.52. The van der Waals surface area contributed by atoms with Crippen LogP contribution in [0.5, 0.6) is 0 Å². The van der Waals surface area contributed by atoms with E-state index in [0.29, 0.717) is 11.4 Å². The summed E-state index contributed by atoms with van der Waals surface area (Å²) in [6.45, 7) is 1.86. The monoisotopic (exact) mass is 450 g/mol. The van der Waals surface area contributed by atoms with Gasteiger partial charge in [0.05, 0.1) is 5.02 Å². The van der Waals surface area contributed by atoms with Crippen molar-refractivity contribution in [1.29, 1.82) is 0 Å². The lowest BCUT2D eigenvalue weighted by Gasteiger charge is -2.12. The molecule has 0 unspecified atom stereocenters. The van der Waals surface area contributed by atoms with Crippen LogP contribution in [0.1, 0.15) is 15.9 Å². The minimum absolute atomic E-state index is 0.0295. The maximum Gasteiger partial charge on any atom is 0.263 e. The van der Waals surface area contributed by atoms with Gasteiger partial charge in [-0.3, -0.25) is 9.52 Å². The Kier molecular flexibility index (Phi) is 5.67. The van der Waals surface area contributed by atoms with Crippen molar-refractivity contribution in [2.45, 2.75) is 11.8 Å². The highest BCUT2D eigenvalue weighted by Crippen LogP contribution is 2.27. The fraction of sp³-hybridized carbons (Fsp3) is 0.0417. The van der Waals surface area contributed by atoms with Gasteiger partial charge in [-0.15, -0.1) is 0 Å². The minimum Gasteiger partial charge on any atom is -0.321 e. The third-order valence-corrected chi connectivity index (χ3v) is 6.65. The van der Waals surface area contributed by atoms with Crippen molar-refractivity contribution in [2.75, 3.05) is 10.0 Å². The highest BCUT2D eigenvalue weighted by molar-refractivity contribution is 7.92. The lowest BCUT2D eigenvalue weighted by Crippen LogP contribution is -2.16. The highest BCUT2D eigenvalue weighted by atomic mass is 35.5. The number of aryl methyl sites for hydroxylation is 1. The van der Waals surface area contributed by atoms with Gasteiger partial charge in [-0.25, -0.2) is 8.42 Å². The van der Waals surface area contributed by atoms with Gasteiger partial charge in [-0.05, 0) is 54.3 Å². The van der Waals surface area contributed by atoms with Gasteiger partial charge in [0.2, 0.25) is 0 Å². The molecule has 0 atom stereocenters. The molecule has 4 aromatic carbocycles. The molecule has 0 aliphatic carbocycles. The number of amides is 1. The summed E-state index contributed by atoms with van der Waals surface area (Å²) < 4.78 is 28.3. The van der Waals surface area contributed by atoms with Crippen molar-refractivity contribution in [3.05, 3.63) is 101 Å². The lowest BCUT2D eigenvalue weighted by atomic mass is 10.1. The fourth-order valence-corrected chi connectivity index (χ4v) is 4.87. The zero-order valence-corrected chi connectivity index (χ0v) is 18.2. The molecule has 5 nitrogen and oxygen atoms in total. The van der Waals surface area contributed by atoms with Crippen molar-refractivity contribution in [3.8, 4) is 0 Å². The van der Waals surface area contributed by atoms with Crippen LogP contribution in [0.2, 0.25) is 5.02 Å². The molecule has 0 aliphatic heterocycles. The van der Waals surface area contributed by atoms with E-state index in [1.54, 1.807) is 24.3 Å². The van der Waals surface area contributed by atoms with Crippen LogP contribution in [-0.4, -0.2) is 14.3 Å². The SMILES string of the molecule is Cc1cccc(NS(=O)(=O)c2cc(C(=O)Nc3cccc4ccccc34)ccc2Cl)c1. The summed E-state index contributed by atoms with van der Waals surface area (Å²) in [5, 5.41) is 4.77. The molecule has 0 radical (unpaired) electrons. The normalized spacial score (nSPS) is 11.3. The van der Waals surface area contributed by atoms with Crippen LogP contribution >= 0.6 is 11.6 Å². The number of fused-ring (bicyclic) bond motifs is 1. The second-order valence-corrected chi connectivity index (χ2v) is 9.16. The lowest BCUT2D eigenvalue weighted by molar-refractivity contribution is 0.102. The van der Waals surface area contributed by atoms with Gasteiger partial charge >= 0.3 is 0 Å². The molecule has 7 heteroatoms. The molecule has 0 aromatic heterocycles. The van der Waals surface area contributed by atoms with Crippen molar-refractivity contribution >= 4 is 49.7 Å². The van der Waals surface area contributed by atoms with Crippen LogP contribution in [0.25, 0.3) is 10.8 Å². The van der Waals surface area contributed by atoms with E-state index in [4.69, 9.17) is 11.6 Å². The molecule has 156 valence electrons. The van der Waals surface area contributed by atoms with Gasteiger partial charge in [0.15, 0.2) is 0 Å². The Morgan fingerprint density at radius 1 is 0.871 bits per heavy atom. The number of halogens is 1. The number of anilines is 2. The summed E-state index contributed by atoms with van der Waals surface area (Å²) in [4.78, 5) is 12.7. The molecule has 0 saturated carbocycles. The molecule has 0 heterocycles. The van der Waals surface area contributed by atoms with Crippen molar-refractivity contribution in [3.63, 3.8) is 0 Å². The minimum atomic E-state index is -3.99. The van der Waals surface area contributed by atoms with E-state index in [-0.39, 0.29) is 15.5 Å². The van der Waals surface area contributed by atoms with E-state index >= 15 is 0 Å². The molecule has 4 aromatic rings. The first-order valence-corrected chi connectivity index (χ1v) is 11.4. The number of nitrogens with one attached hydrogen (secondary N) is 2. The van der Waals surface area contributed by atoms with E-state index in [0.717, 1.165) is 16.3 Å². The molecule has 0 spiro atoms. The molecule has 0 aliphatic rings. The van der Waals surface area contributed by atoms with Crippen LogP contribution in [-0.2, 0) is 10.0 Å². The molecular formula is C24H19ClN2O3S. The fourth-order valence-electron chi connectivity index (χ4n) is 3.30.